The fourth-order valence-electron chi connectivity index (χ4n) is 2.58. The number of anilines is 2. The Kier molecular flexibility index (Phi) is 5.35. The minimum atomic E-state index is -0.637. The van der Waals surface area contributed by atoms with Gasteiger partial charge in [0.05, 0.1) is 10.5 Å². The summed E-state index contributed by atoms with van der Waals surface area (Å²) in [7, 11) is 0. The Bertz CT molecular complexity index is 915. The number of carbonyl (C=O) groups is 2. The summed E-state index contributed by atoms with van der Waals surface area (Å²) in [6.45, 7) is 0. The quantitative estimate of drug-likeness (QED) is 0.519. The highest BCUT2D eigenvalue weighted by Gasteiger charge is 2.25. The number of urea groups is 1. The van der Waals surface area contributed by atoms with Crippen LogP contribution < -0.4 is 16.4 Å². The molecule has 0 saturated carbocycles. The van der Waals surface area contributed by atoms with Crippen LogP contribution in [0.2, 0.25) is 5.02 Å². The summed E-state index contributed by atoms with van der Waals surface area (Å²) in [5.74, 6) is 1.07. The molecule has 1 aliphatic heterocycles. The van der Waals surface area contributed by atoms with Gasteiger partial charge in [-0.15, -0.1) is 11.3 Å². The number of fused-ring (bicyclic) bond motifs is 1. The lowest BCUT2D eigenvalue weighted by Gasteiger charge is -2.11. The van der Waals surface area contributed by atoms with Crippen molar-refractivity contribution in [1.29, 1.82) is 0 Å². The molecule has 0 unspecified atom stereocenters. The number of halogens is 1. The number of benzene rings is 1. The topological polar surface area (TPSA) is 127 Å². The normalized spacial score (nSPS) is 13.0. The van der Waals surface area contributed by atoms with Crippen LogP contribution in [0, 0.1) is 10.1 Å². The molecule has 0 atom stereocenters. The number of nitro groups is 1. The van der Waals surface area contributed by atoms with Crippen molar-refractivity contribution in [3.63, 3.8) is 0 Å². The summed E-state index contributed by atoms with van der Waals surface area (Å²) in [6, 6.07) is 3.30. The van der Waals surface area contributed by atoms with Crippen LogP contribution in [0.1, 0.15) is 20.8 Å². The number of nitrogens with zero attached hydrogens (tertiary/aromatic N) is 1. The molecule has 1 aromatic carbocycles. The number of amides is 3. The third kappa shape index (κ3) is 3.76. The number of nitrogens with two attached hydrogens (primary N) is 1. The van der Waals surface area contributed by atoms with Crippen LogP contribution in [0.15, 0.2) is 18.2 Å². The molecule has 0 spiro atoms. The van der Waals surface area contributed by atoms with E-state index in [0.29, 0.717) is 10.6 Å². The summed E-state index contributed by atoms with van der Waals surface area (Å²) >= 11 is 8.82. The number of carbonyl (C=O) groups excluding carboxylic acids is 2. The predicted octanol–water partition coefficient (Wildman–Crippen LogP) is 3.84. The minimum absolute atomic E-state index is 0.0274. The second-order valence-corrected chi connectivity index (χ2v) is 7.99. The lowest BCUT2D eigenvalue weighted by Crippen LogP contribution is -2.22. The molecule has 3 amide bonds. The molecule has 0 bridgehead atoms. The number of nitrogens with one attached hydrogen (secondary N) is 2. The second kappa shape index (κ2) is 7.52. The summed E-state index contributed by atoms with van der Waals surface area (Å²) < 4.78 is 0. The van der Waals surface area contributed by atoms with E-state index in [-0.39, 0.29) is 16.4 Å². The van der Waals surface area contributed by atoms with E-state index < -0.39 is 16.9 Å². The van der Waals surface area contributed by atoms with E-state index in [2.05, 4.69) is 10.6 Å². The number of primary amides is 1. The maximum Gasteiger partial charge on any atom is 0.324 e. The monoisotopic (exact) mass is 412 g/mol. The molecule has 2 aromatic rings. The standard InChI is InChI=1S/C15H13ClN4O4S2/c16-9-2-1-7(5-10(9)20(23)24)18-15(22)19-14-12(13(17)21)8-3-4-25-6-11(8)26-14/h1-2,5H,3-4,6H2,(H2,17,21)(H2,18,19,22). The van der Waals surface area contributed by atoms with Gasteiger partial charge < -0.3 is 11.1 Å². The van der Waals surface area contributed by atoms with Crippen molar-refractivity contribution in [3.05, 3.63) is 49.3 Å². The Morgan fingerprint density at radius 3 is 2.77 bits per heavy atom. The fourth-order valence-corrected chi connectivity index (χ4v) is 5.14. The fraction of sp³-hybridized carbons (Fsp3) is 0.200. The van der Waals surface area contributed by atoms with Gasteiger partial charge in [0.15, 0.2) is 0 Å². The predicted molar refractivity (Wildman–Crippen MR) is 103 cm³/mol. The minimum Gasteiger partial charge on any atom is -0.365 e. The SMILES string of the molecule is NC(=O)c1c(NC(=O)Nc2ccc(Cl)c([N+](=O)[O-])c2)sc2c1CCSC2. The third-order valence-corrected chi connectivity index (χ3v) is 6.33. The maximum absolute atomic E-state index is 12.3. The van der Waals surface area contributed by atoms with E-state index in [9.17, 15) is 19.7 Å². The summed E-state index contributed by atoms with van der Waals surface area (Å²) in [5, 5.41) is 16.4. The number of rotatable bonds is 4. The van der Waals surface area contributed by atoms with Crippen LogP contribution in [-0.4, -0.2) is 22.6 Å². The zero-order chi connectivity index (χ0) is 18.8. The molecule has 0 aliphatic carbocycles. The van der Waals surface area contributed by atoms with Crippen LogP contribution >= 0.6 is 34.7 Å². The smallest absolute Gasteiger partial charge is 0.324 e. The second-order valence-electron chi connectivity index (χ2n) is 5.38. The Morgan fingerprint density at radius 1 is 1.31 bits per heavy atom. The van der Waals surface area contributed by atoms with Crippen molar-refractivity contribution >= 4 is 63.0 Å². The summed E-state index contributed by atoms with van der Waals surface area (Å²) in [6.07, 6.45) is 0.724. The highest BCUT2D eigenvalue weighted by Crippen LogP contribution is 2.39. The van der Waals surface area contributed by atoms with E-state index in [1.807, 2.05) is 0 Å². The van der Waals surface area contributed by atoms with E-state index in [1.165, 1.54) is 23.5 Å². The van der Waals surface area contributed by atoms with Gasteiger partial charge in [0, 0.05) is 22.4 Å². The van der Waals surface area contributed by atoms with Crippen molar-refractivity contribution in [2.75, 3.05) is 16.4 Å². The van der Waals surface area contributed by atoms with Gasteiger partial charge in [-0.2, -0.15) is 11.8 Å². The summed E-state index contributed by atoms with van der Waals surface area (Å²) in [5.41, 5.74) is 6.59. The van der Waals surface area contributed by atoms with Crippen LogP contribution in [0.3, 0.4) is 0 Å². The molecule has 4 N–H and O–H groups in total. The number of hydrogen-bond donors (Lipinski definition) is 3. The number of nitro benzene ring substituents is 1. The van der Waals surface area contributed by atoms with E-state index in [4.69, 9.17) is 17.3 Å². The first-order valence-corrected chi connectivity index (χ1v) is 9.75. The van der Waals surface area contributed by atoms with E-state index in [0.717, 1.165) is 34.4 Å². The first kappa shape index (κ1) is 18.5. The van der Waals surface area contributed by atoms with Gasteiger partial charge >= 0.3 is 6.03 Å². The molecule has 11 heteroatoms. The number of hydrogen-bond acceptors (Lipinski definition) is 6. The highest BCUT2D eigenvalue weighted by atomic mass is 35.5. The van der Waals surface area contributed by atoms with Gasteiger partial charge in [-0.3, -0.25) is 20.2 Å². The molecule has 0 fully saturated rings. The number of thiophene rings is 1. The van der Waals surface area contributed by atoms with Gasteiger partial charge in [-0.1, -0.05) is 11.6 Å². The zero-order valence-corrected chi connectivity index (χ0v) is 15.6. The van der Waals surface area contributed by atoms with Crippen LogP contribution in [0.25, 0.3) is 0 Å². The molecular formula is C15H13ClN4O4S2. The molecule has 1 aromatic heterocycles. The molecule has 0 radical (unpaired) electrons. The summed E-state index contributed by atoms with van der Waals surface area (Å²) in [4.78, 5) is 35.4. The first-order valence-electron chi connectivity index (χ1n) is 7.41. The molecule has 26 heavy (non-hydrogen) atoms. The largest absolute Gasteiger partial charge is 0.365 e. The van der Waals surface area contributed by atoms with Crippen molar-refractivity contribution in [2.45, 2.75) is 12.2 Å². The molecule has 8 nitrogen and oxygen atoms in total. The van der Waals surface area contributed by atoms with Gasteiger partial charge in [-0.05, 0) is 29.9 Å². The third-order valence-electron chi connectivity index (χ3n) is 3.69. The van der Waals surface area contributed by atoms with Gasteiger partial charge in [0.25, 0.3) is 11.6 Å². The van der Waals surface area contributed by atoms with Gasteiger partial charge in [0.1, 0.15) is 10.0 Å². The van der Waals surface area contributed by atoms with Crippen molar-refractivity contribution < 1.29 is 14.5 Å². The Labute approximate surface area is 161 Å². The van der Waals surface area contributed by atoms with E-state index >= 15 is 0 Å². The molecule has 136 valence electrons. The van der Waals surface area contributed by atoms with Crippen molar-refractivity contribution in [1.82, 2.24) is 0 Å². The highest BCUT2D eigenvalue weighted by molar-refractivity contribution is 7.98. The van der Waals surface area contributed by atoms with Crippen molar-refractivity contribution in [3.8, 4) is 0 Å². The maximum atomic E-state index is 12.3. The lowest BCUT2D eigenvalue weighted by atomic mass is 10.1. The van der Waals surface area contributed by atoms with E-state index in [1.54, 1.807) is 11.8 Å². The lowest BCUT2D eigenvalue weighted by molar-refractivity contribution is -0.384. The molecule has 3 rings (SSSR count). The molecular weight excluding hydrogens is 400 g/mol. The van der Waals surface area contributed by atoms with Gasteiger partial charge in [0.2, 0.25) is 0 Å². The average Bonchev–Trinajstić information content (AvgIpc) is 2.94. The Morgan fingerprint density at radius 2 is 2.08 bits per heavy atom. The zero-order valence-electron chi connectivity index (χ0n) is 13.2. The molecule has 1 aliphatic rings. The molecule has 2 heterocycles. The van der Waals surface area contributed by atoms with Crippen molar-refractivity contribution in [2.24, 2.45) is 5.73 Å². The van der Waals surface area contributed by atoms with Crippen LogP contribution in [0.5, 0.6) is 0 Å². The Balaban J connectivity index is 1.81. The van der Waals surface area contributed by atoms with Gasteiger partial charge in [-0.25, -0.2) is 4.79 Å². The molecule has 0 saturated heterocycles. The van der Waals surface area contributed by atoms with Crippen LogP contribution in [0.4, 0.5) is 21.2 Å². The first-order chi connectivity index (χ1) is 12.4. The average molecular weight is 413 g/mol. The number of thioether (sulfide) groups is 1. The Hall–Kier alpha value is -2.30. The van der Waals surface area contributed by atoms with Crippen LogP contribution in [-0.2, 0) is 12.2 Å².